The number of aliphatic hydroxyl groups is 1. The molecule has 1 aliphatic heterocycles. The fourth-order valence-electron chi connectivity index (χ4n) is 3.54. The normalized spacial score (nSPS) is 17.5. The smallest absolute Gasteiger partial charge is 0.238 e. The Morgan fingerprint density at radius 1 is 1.32 bits per heavy atom. The number of aromatic nitrogens is 2. The third kappa shape index (κ3) is 6.55. The van der Waals surface area contributed by atoms with Gasteiger partial charge in [-0.2, -0.15) is 0 Å². The van der Waals surface area contributed by atoms with Crippen LogP contribution in [0.3, 0.4) is 0 Å². The number of nitrogens with zero attached hydrogens (tertiary/aromatic N) is 3. The molecule has 7 nitrogen and oxygen atoms in total. The van der Waals surface area contributed by atoms with Crippen LogP contribution < -0.4 is 14.4 Å². The van der Waals surface area contributed by atoms with Gasteiger partial charge in [-0.1, -0.05) is 30.7 Å². The highest BCUT2D eigenvalue weighted by molar-refractivity contribution is 6.34. The Kier molecular flexibility index (Phi) is 7.38. The first-order chi connectivity index (χ1) is 14.6. The summed E-state index contributed by atoms with van der Waals surface area (Å²) in [5.41, 5.74) is 0.141. The van der Waals surface area contributed by atoms with Gasteiger partial charge in [0.2, 0.25) is 5.88 Å². The van der Waals surface area contributed by atoms with Crippen molar-refractivity contribution >= 4 is 23.2 Å². The minimum Gasteiger partial charge on any atom is -0.489 e. The molecule has 31 heavy (non-hydrogen) atoms. The minimum atomic E-state index is -0.986. The molecule has 0 unspecified atom stereocenters. The third-order valence-electron chi connectivity index (χ3n) is 5.09. The number of hydrogen-bond donors (Lipinski definition) is 1. The Morgan fingerprint density at radius 3 is 2.68 bits per heavy atom. The van der Waals surface area contributed by atoms with Crippen LogP contribution in [-0.2, 0) is 4.79 Å². The average molecular weight is 448 g/mol. The Balaban J connectivity index is 1.60. The van der Waals surface area contributed by atoms with E-state index in [2.05, 4.69) is 21.8 Å². The maximum absolute atomic E-state index is 11.3. The van der Waals surface area contributed by atoms with E-state index >= 15 is 0 Å². The molecule has 0 saturated carbocycles. The van der Waals surface area contributed by atoms with Crippen molar-refractivity contribution in [2.45, 2.75) is 58.2 Å². The topological polar surface area (TPSA) is 84.8 Å². The van der Waals surface area contributed by atoms with E-state index in [9.17, 15) is 9.90 Å². The van der Waals surface area contributed by atoms with Gasteiger partial charge in [-0.15, -0.1) is 0 Å². The second kappa shape index (κ2) is 9.83. The zero-order valence-corrected chi connectivity index (χ0v) is 19.2. The van der Waals surface area contributed by atoms with Crippen molar-refractivity contribution < 1.29 is 19.4 Å². The minimum absolute atomic E-state index is 0.00673. The van der Waals surface area contributed by atoms with E-state index in [1.165, 1.54) is 6.33 Å². The second-order valence-electron chi connectivity index (χ2n) is 8.77. The first-order valence-electron chi connectivity index (χ1n) is 10.5. The molecular formula is C23H30ClN3O4. The molecule has 168 valence electrons. The zero-order chi connectivity index (χ0) is 22.6. The summed E-state index contributed by atoms with van der Waals surface area (Å²) in [5, 5.41) is 10.2. The van der Waals surface area contributed by atoms with Crippen LogP contribution in [0.2, 0.25) is 5.02 Å². The number of rotatable bonds is 9. The molecule has 1 fully saturated rings. The van der Waals surface area contributed by atoms with Crippen molar-refractivity contribution in [2.24, 2.45) is 0 Å². The summed E-state index contributed by atoms with van der Waals surface area (Å²) in [7, 11) is 0. The van der Waals surface area contributed by atoms with E-state index in [4.69, 9.17) is 21.1 Å². The summed E-state index contributed by atoms with van der Waals surface area (Å²) >= 11 is 6.47. The Labute approximate surface area is 188 Å². The highest BCUT2D eigenvalue weighted by atomic mass is 35.5. The number of carbonyl (C=O) groups is 1. The van der Waals surface area contributed by atoms with E-state index in [-0.39, 0.29) is 30.3 Å². The number of ketones is 1. The first kappa shape index (κ1) is 23.3. The molecule has 1 aromatic carbocycles. The van der Waals surface area contributed by atoms with Crippen molar-refractivity contribution in [3.05, 3.63) is 41.2 Å². The fraction of sp³-hybridized carbons (Fsp3) is 0.522. The van der Waals surface area contributed by atoms with E-state index in [0.29, 0.717) is 23.8 Å². The van der Waals surface area contributed by atoms with Gasteiger partial charge in [-0.05, 0) is 44.4 Å². The number of halogens is 1. The molecule has 0 radical (unpaired) electrons. The van der Waals surface area contributed by atoms with Crippen LogP contribution in [0.15, 0.2) is 30.6 Å². The third-order valence-corrected chi connectivity index (χ3v) is 5.42. The van der Waals surface area contributed by atoms with Crippen molar-refractivity contribution in [3.8, 4) is 11.6 Å². The van der Waals surface area contributed by atoms with Crippen LogP contribution in [0, 0.1) is 0 Å². The lowest BCUT2D eigenvalue weighted by Crippen LogP contribution is -2.29. The number of anilines is 1. The van der Waals surface area contributed by atoms with Crippen molar-refractivity contribution in [1.82, 2.24) is 9.97 Å². The predicted octanol–water partition coefficient (Wildman–Crippen LogP) is 4.02. The first-order valence-corrected chi connectivity index (χ1v) is 10.9. The molecule has 1 aliphatic rings. The molecule has 1 N–H and O–H groups in total. The Hall–Kier alpha value is -2.38. The average Bonchev–Trinajstić information content (AvgIpc) is 3.14. The molecule has 0 spiro atoms. The second-order valence-corrected chi connectivity index (χ2v) is 9.15. The van der Waals surface area contributed by atoms with Gasteiger partial charge in [0.25, 0.3) is 0 Å². The van der Waals surface area contributed by atoms with E-state index < -0.39 is 5.60 Å². The molecule has 0 amide bonds. The van der Waals surface area contributed by atoms with Gasteiger partial charge in [0.15, 0.2) is 5.82 Å². The summed E-state index contributed by atoms with van der Waals surface area (Å²) in [6.45, 7) is 8.45. The summed E-state index contributed by atoms with van der Waals surface area (Å²) < 4.78 is 11.7. The molecule has 2 atom stereocenters. The number of hydrogen-bond acceptors (Lipinski definition) is 7. The molecular weight excluding hydrogens is 418 g/mol. The lowest BCUT2D eigenvalue weighted by molar-refractivity contribution is -0.117. The van der Waals surface area contributed by atoms with Crippen LogP contribution >= 0.6 is 11.6 Å². The van der Waals surface area contributed by atoms with Gasteiger partial charge in [0, 0.05) is 19.4 Å². The van der Waals surface area contributed by atoms with E-state index in [1.54, 1.807) is 20.8 Å². The number of benzene rings is 1. The van der Waals surface area contributed by atoms with Crippen molar-refractivity contribution in [3.63, 3.8) is 0 Å². The summed E-state index contributed by atoms with van der Waals surface area (Å²) in [6.07, 6.45) is 2.80. The highest BCUT2D eigenvalue weighted by Gasteiger charge is 2.28. The molecule has 1 saturated heterocycles. The molecule has 0 bridgehead atoms. The molecule has 1 aromatic heterocycles. The largest absolute Gasteiger partial charge is 0.489 e. The lowest BCUT2D eigenvalue weighted by Gasteiger charge is -2.21. The zero-order valence-electron chi connectivity index (χ0n) is 18.5. The van der Waals surface area contributed by atoms with E-state index in [0.717, 1.165) is 24.3 Å². The molecule has 3 rings (SSSR count). The lowest BCUT2D eigenvalue weighted by atomic mass is 9.96. The molecule has 0 aliphatic carbocycles. The summed E-state index contributed by atoms with van der Waals surface area (Å²) in [5.74, 6) is 2.04. The van der Waals surface area contributed by atoms with Gasteiger partial charge in [-0.3, -0.25) is 0 Å². The number of ether oxygens (including phenoxy) is 2. The molecule has 2 heterocycles. The van der Waals surface area contributed by atoms with Gasteiger partial charge >= 0.3 is 0 Å². The van der Waals surface area contributed by atoms with Gasteiger partial charge in [0.05, 0.1) is 12.1 Å². The van der Waals surface area contributed by atoms with Crippen LogP contribution in [0.25, 0.3) is 0 Å². The van der Waals surface area contributed by atoms with Gasteiger partial charge in [-0.25, -0.2) is 9.97 Å². The summed E-state index contributed by atoms with van der Waals surface area (Å²) in [4.78, 5) is 21.8. The standard InChI is InChI=1S/C23H30ClN3O4/c1-15(11-16(2)28)17-5-7-18(8-6-17)31-19-9-10-27(12-19)21-20(24)22(26-14-25-21)30-13-23(3,4)29/h5-8,14-15,19,29H,9-13H2,1-4H3/t15-,19-/m1/s1. The Bertz CT molecular complexity index is 899. The molecule has 2 aromatic rings. The Morgan fingerprint density at radius 2 is 2.03 bits per heavy atom. The summed E-state index contributed by atoms with van der Waals surface area (Å²) in [6, 6.07) is 7.94. The van der Waals surface area contributed by atoms with Crippen LogP contribution in [0.5, 0.6) is 11.6 Å². The van der Waals surface area contributed by atoms with Crippen molar-refractivity contribution in [2.75, 3.05) is 24.6 Å². The van der Waals surface area contributed by atoms with Crippen LogP contribution in [-0.4, -0.2) is 52.3 Å². The monoisotopic (exact) mass is 447 g/mol. The SMILES string of the molecule is CC(=O)C[C@@H](C)c1ccc(O[C@@H]2CCN(c3ncnc(OCC(C)(C)O)c3Cl)C2)cc1. The van der Waals surface area contributed by atoms with Gasteiger partial charge < -0.3 is 24.3 Å². The maximum atomic E-state index is 11.3. The fourth-order valence-corrected chi connectivity index (χ4v) is 3.82. The van der Waals surface area contributed by atoms with Crippen LogP contribution in [0.4, 0.5) is 5.82 Å². The number of Topliss-reactive ketones (excluding diaryl/α,β-unsaturated/α-hetero) is 1. The predicted molar refractivity (Wildman–Crippen MR) is 120 cm³/mol. The molecule has 8 heteroatoms. The highest BCUT2D eigenvalue weighted by Crippen LogP contribution is 2.33. The quantitative estimate of drug-likeness (QED) is 0.621. The van der Waals surface area contributed by atoms with Gasteiger partial charge in [0.1, 0.15) is 35.6 Å². The maximum Gasteiger partial charge on any atom is 0.238 e. The number of carbonyl (C=O) groups excluding carboxylic acids is 1. The van der Waals surface area contributed by atoms with E-state index in [1.807, 2.05) is 24.3 Å². The van der Waals surface area contributed by atoms with Crippen molar-refractivity contribution in [1.29, 1.82) is 0 Å². The van der Waals surface area contributed by atoms with Crippen LogP contribution in [0.1, 0.15) is 52.0 Å².